The van der Waals surface area contributed by atoms with E-state index in [0.29, 0.717) is 6.04 Å². The monoisotopic (exact) mass is 145 g/mol. The fourth-order valence-electron chi connectivity index (χ4n) is 1.12. The normalized spacial score (nSPS) is 11.4. The second-order valence-electron chi connectivity index (χ2n) is 2.63. The van der Waals surface area contributed by atoms with Crippen molar-refractivity contribution in [1.29, 1.82) is 0 Å². The fraction of sp³-hybridized carbons (Fsp3) is 1.00. The third-order valence-corrected chi connectivity index (χ3v) is 1.82. The summed E-state index contributed by atoms with van der Waals surface area (Å²) < 4.78 is 0. The van der Waals surface area contributed by atoms with Gasteiger partial charge < -0.3 is 5.21 Å². The molecule has 62 valence electrons. The van der Waals surface area contributed by atoms with Crippen molar-refractivity contribution in [3.8, 4) is 0 Å². The van der Waals surface area contributed by atoms with Crippen LogP contribution in [0.15, 0.2) is 0 Å². The highest BCUT2D eigenvalue weighted by Crippen LogP contribution is 2.05. The van der Waals surface area contributed by atoms with Crippen LogP contribution in [0.3, 0.4) is 0 Å². The van der Waals surface area contributed by atoms with Gasteiger partial charge in [0.15, 0.2) is 0 Å². The lowest BCUT2D eigenvalue weighted by atomic mass is 10.1. The van der Waals surface area contributed by atoms with Gasteiger partial charge in [0.25, 0.3) is 0 Å². The summed E-state index contributed by atoms with van der Waals surface area (Å²) >= 11 is 0. The van der Waals surface area contributed by atoms with Gasteiger partial charge in [-0.25, -0.2) is 0 Å². The Balaban J connectivity index is 3.53. The Morgan fingerprint density at radius 3 is 2.00 bits per heavy atom. The van der Waals surface area contributed by atoms with Crippen LogP contribution in [-0.4, -0.2) is 22.9 Å². The van der Waals surface area contributed by atoms with Gasteiger partial charge in [-0.1, -0.05) is 20.8 Å². The van der Waals surface area contributed by atoms with Crippen LogP contribution < -0.4 is 0 Å². The lowest BCUT2D eigenvalue weighted by Crippen LogP contribution is -2.31. The van der Waals surface area contributed by atoms with Gasteiger partial charge in [-0.3, -0.25) is 0 Å². The molecule has 0 radical (unpaired) electrons. The molecule has 0 aromatic heterocycles. The molecule has 10 heavy (non-hydrogen) atoms. The van der Waals surface area contributed by atoms with Crippen molar-refractivity contribution >= 4 is 0 Å². The summed E-state index contributed by atoms with van der Waals surface area (Å²) in [4.78, 5) is 0. The maximum absolute atomic E-state index is 9.34. The van der Waals surface area contributed by atoms with Gasteiger partial charge in [-0.2, -0.15) is 5.06 Å². The predicted octanol–water partition coefficient (Wildman–Crippen LogP) is 2.28. The molecule has 1 N–H and O–H groups in total. The summed E-state index contributed by atoms with van der Waals surface area (Å²) in [5.41, 5.74) is 0. The van der Waals surface area contributed by atoms with E-state index in [0.717, 1.165) is 25.8 Å². The quantitative estimate of drug-likeness (QED) is 0.600. The Kier molecular flexibility index (Phi) is 5.64. The van der Waals surface area contributed by atoms with Gasteiger partial charge in [0.05, 0.1) is 0 Å². The third-order valence-electron chi connectivity index (χ3n) is 1.82. The zero-order chi connectivity index (χ0) is 7.98. The van der Waals surface area contributed by atoms with Crippen molar-refractivity contribution < 1.29 is 5.21 Å². The summed E-state index contributed by atoms with van der Waals surface area (Å²) in [6.45, 7) is 7.08. The van der Waals surface area contributed by atoms with E-state index >= 15 is 0 Å². The van der Waals surface area contributed by atoms with Crippen molar-refractivity contribution in [3.63, 3.8) is 0 Å². The van der Waals surface area contributed by atoms with Crippen LogP contribution in [0.1, 0.15) is 40.0 Å². The van der Waals surface area contributed by atoms with E-state index in [9.17, 15) is 5.21 Å². The topological polar surface area (TPSA) is 23.5 Å². The molecule has 0 unspecified atom stereocenters. The summed E-state index contributed by atoms with van der Waals surface area (Å²) in [6, 6.07) is 0.361. The minimum Gasteiger partial charge on any atom is -0.314 e. The molecule has 0 bridgehead atoms. The molecule has 0 aromatic carbocycles. The van der Waals surface area contributed by atoms with Gasteiger partial charge in [-0.05, 0) is 19.3 Å². The lowest BCUT2D eigenvalue weighted by molar-refractivity contribution is -0.128. The third kappa shape index (κ3) is 3.18. The maximum Gasteiger partial charge on any atom is 0.0345 e. The molecule has 0 atom stereocenters. The molecule has 0 aliphatic rings. The first-order valence-electron chi connectivity index (χ1n) is 4.21. The fourth-order valence-corrected chi connectivity index (χ4v) is 1.12. The first-order valence-corrected chi connectivity index (χ1v) is 4.21. The highest BCUT2D eigenvalue weighted by Gasteiger charge is 2.09. The Hall–Kier alpha value is -0.0800. The van der Waals surface area contributed by atoms with Crippen molar-refractivity contribution in [3.05, 3.63) is 0 Å². The van der Waals surface area contributed by atoms with Gasteiger partial charge in [-0.15, -0.1) is 0 Å². The molecule has 0 saturated carbocycles. The average Bonchev–Trinajstić information content (AvgIpc) is 1.91. The summed E-state index contributed by atoms with van der Waals surface area (Å²) in [7, 11) is 0. The Morgan fingerprint density at radius 1 is 1.20 bits per heavy atom. The van der Waals surface area contributed by atoms with Gasteiger partial charge in [0, 0.05) is 12.6 Å². The average molecular weight is 145 g/mol. The number of hydroxylamine groups is 2. The highest BCUT2D eigenvalue weighted by molar-refractivity contribution is 4.59. The van der Waals surface area contributed by atoms with Gasteiger partial charge >= 0.3 is 0 Å². The summed E-state index contributed by atoms with van der Waals surface area (Å²) in [5.74, 6) is 0. The predicted molar refractivity (Wildman–Crippen MR) is 43.2 cm³/mol. The highest BCUT2D eigenvalue weighted by atomic mass is 16.5. The largest absolute Gasteiger partial charge is 0.314 e. The molecule has 0 aliphatic heterocycles. The van der Waals surface area contributed by atoms with E-state index in [1.807, 2.05) is 0 Å². The second kappa shape index (κ2) is 5.69. The van der Waals surface area contributed by atoms with Crippen LogP contribution in [0.25, 0.3) is 0 Å². The van der Waals surface area contributed by atoms with Crippen molar-refractivity contribution in [2.75, 3.05) is 6.54 Å². The zero-order valence-corrected chi connectivity index (χ0v) is 7.30. The Morgan fingerprint density at radius 2 is 1.70 bits per heavy atom. The van der Waals surface area contributed by atoms with E-state index in [2.05, 4.69) is 20.8 Å². The maximum atomic E-state index is 9.34. The number of rotatable bonds is 5. The molecule has 0 fully saturated rings. The van der Waals surface area contributed by atoms with E-state index < -0.39 is 0 Å². The standard InChI is InChI=1S/C8H19NO/c1-4-7-9(10)8(5-2)6-3/h8,10H,4-7H2,1-3H3. The first-order chi connectivity index (χ1) is 4.76. The van der Waals surface area contributed by atoms with E-state index in [4.69, 9.17) is 0 Å². The molecular weight excluding hydrogens is 126 g/mol. The van der Waals surface area contributed by atoms with Gasteiger partial charge in [0.2, 0.25) is 0 Å². The minimum atomic E-state index is 0.361. The van der Waals surface area contributed by atoms with Crippen LogP contribution in [-0.2, 0) is 0 Å². The summed E-state index contributed by atoms with van der Waals surface area (Å²) in [5, 5.41) is 10.8. The molecule has 0 rings (SSSR count). The van der Waals surface area contributed by atoms with Crippen LogP contribution in [0.4, 0.5) is 0 Å². The Labute approximate surface area is 63.8 Å². The molecule has 0 spiro atoms. The first kappa shape index (κ1) is 9.92. The van der Waals surface area contributed by atoms with Crippen molar-refractivity contribution in [1.82, 2.24) is 5.06 Å². The van der Waals surface area contributed by atoms with Crippen molar-refractivity contribution in [2.24, 2.45) is 0 Å². The van der Waals surface area contributed by atoms with Crippen molar-refractivity contribution in [2.45, 2.75) is 46.1 Å². The minimum absolute atomic E-state index is 0.361. The van der Waals surface area contributed by atoms with Crippen LogP contribution in [0, 0.1) is 0 Å². The Bertz CT molecular complexity index is 71.7. The lowest BCUT2D eigenvalue weighted by Gasteiger charge is -2.22. The second-order valence-corrected chi connectivity index (χ2v) is 2.63. The van der Waals surface area contributed by atoms with E-state index in [1.165, 1.54) is 5.06 Å². The zero-order valence-electron chi connectivity index (χ0n) is 7.30. The molecule has 2 nitrogen and oxygen atoms in total. The van der Waals surface area contributed by atoms with Crippen LogP contribution in [0.5, 0.6) is 0 Å². The molecule has 0 heterocycles. The SMILES string of the molecule is CCCN(O)C(CC)CC. The molecule has 0 amide bonds. The van der Waals surface area contributed by atoms with Gasteiger partial charge in [0.1, 0.15) is 0 Å². The molecule has 0 saturated heterocycles. The smallest absolute Gasteiger partial charge is 0.0345 e. The number of hydrogen-bond acceptors (Lipinski definition) is 2. The van der Waals surface area contributed by atoms with Crippen LogP contribution in [0.2, 0.25) is 0 Å². The summed E-state index contributed by atoms with van der Waals surface area (Å²) in [6.07, 6.45) is 3.09. The molecular formula is C8H19NO. The van der Waals surface area contributed by atoms with E-state index in [-0.39, 0.29) is 0 Å². The number of nitrogens with zero attached hydrogens (tertiary/aromatic N) is 1. The molecule has 0 aliphatic carbocycles. The molecule has 2 heteroatoms. The van der Waals surface area contributed by atoms with E-state index in [1.54, 1.807) is 0 Å². The van der Waals surface area contributed by atoms with Crippen LogP contribution >= 0.6 is 0 Å². The number of hydrogen-bond donors (Lipinski definition) is 1. The molecule has 0 aromatic rings.